The number of rotatable bonds is 2. The third-order valence-electron chi connectivity index (χ3n) is 3.96. The van der Waals surface area contributed by atoms with Crippen molar-refractivity contribution in [1.82, 2.24) is 4.98 Å². The Balaban J connectivity index is 1.86. The molecule has 0 aliphatic rings. The monoisotopic (exact) mass is 378 g/mol. The number of thiazole rings is 1. The van der Waals surface area contributed by atoms with Gasteiger partial charge in [-0.1, -0.05) is 50.3 Å². The highest BCUT2D eigenvalue weighted by Crippen LogP contribution is 2.37. The second-order valence-corrected chi connectivity index (χ2v) is 7.98. The largest absolute Gasteiger partial charge is 0.418 e. The van der Waals surface area contributed by atoms with Crippen molar-refractivity contribution in [2.45, 2.75) is 32.4 Å². The molecule has 3 nitrogen and oxygen atoms in total. The van der Waals surface area contributed by atoms with Crippen LogP contribution in [0.5, 0.6) is 0 Å². The van der Waals surface area contributed by atoms with Crippen molar-refractivity contribution < 1.29 is 18.0 Å². The highest BCUT2D eigenvalue weighted by Gasteiger charge is 2.33. The van der Waals surface area contributed by atoms with Gasteiger partial charge in [0.05, 0.1) is 15.8 Å². The Morgan fingerprint density at radius 3 is 2.27 bits per heavy atom. The molecule has 0 aliphatic heterocycles. The first kappa shape index (κ1) is 18.4. The first-order valence-corrected chi connectivity index (χ1v) is 8.76. The van der Waals surface area contributed by atoms with Gasteiger partial charge in [-0.3, -0.25) is 10.1 Å². The van der Waals surface area contributed by atoms with Crippen molar-refractivity contribution in [2.24, 2.45) is 0 Å². The van der Waals surface area contributed by atoms with Gasteiger partial charge in [-0.25, -0.2) is 4.98 Å². The number of anilines is 1. The number of alkyl halides is 3. The van der Waals surface area contributed by atoms with Crippen LogP contribution in [0.4, 0.5) is 18.3 Å². The Kier molecular flexibility index (Phi) is 4.52. The summed E-state index contributed by atoms with van der Waals surface area (Å²) < 4.78 is 39.6. The number of fused-ring (bicyclic) bond motifs is 1. The molecule has 0 radical (unpaired) electrons. The molecule has 0 saturated heterocycles. The van der Waals surface area contributed by atoms with Crippen LogP contribution in [0.15, 0.2) is 42.5 Å². The van der Waals surface area contributed by atoms with Crippen LogP contribution in [0.25, 0.3) is 10.2 Å². The highest BCUT2D eigenvalue weighted by atomic mass is 32.1. The van der Waals surface area contributed by atoms with Gasteiger partial charge < -0.3 is 0 Å². The smallest absolute Gasteiger partial charge is 0.298 e. The quantitative estimate of drug-likeness (QED) is 0.606. The Morgan fingerprint density at radius 1 is 1.04 bits per heavy atom. The summed E-state index contributed by atoms with van der Waals surface area (Å²) in [6, 6.07) is 11.0. The van der Waals surface area contributed by atoms with Crippen molar-refractivity contribution in [2.75, 3.05) is 5.32 Å². The molecule has 0 saturated carbocycles. The molecule has 3 aromatic rings. The molecule has 0 unspecified atom stereocenters. The fraction of sp³-hybridized carbons (Fsp3) is 0.263. The molecular formula is C19H17F3N2OS. The predicted octanol–water partition coefficient (Wildman–Crippen LogP) is 5.86. The van der Waals surface area contributed by atoms with Crippen molar-refractivity contribution in [1.29, 1.82) is 0 Å². The molecular weight excluding hydrogens is 361 g/mol. The number of benzene rings is 2. The van der Waals surface area contributed by atoms with Crippen LogP contribution in [-0.4, -0.2) is 10.9 Å². The molecule has 0 atom stereocenters. The van der Waals surface area contributed by atoms with E-state index in [1.807, 2.05) is 12.1 Å². The molecule has 1 amide bonds. The van der Waals surface area contributed by atoms with Gasteiger partial charge in [-0.2, -0.15) is 13.2 Å². The summed E-state index contributed by atoms with van der Waals surface area (Å²) in [6.45, 7) is 6.21. The molecule has 1 aromatic heterocycles. The lowest BCUT2D eigenvalue weighted by atomic mass is 9.87. The minimum Gasteiger partial charge on any atom is -0.298 e. The number of carbonyl (C=O) groups is 1. The van der Waals surface area contributed by atoms with Crippen LogP contribution < -0.4 is 5.32 Å². The van der Waals surface area contributed by atoms with E-state index in [0.29, 0.717) is 10.3 Å². The van der Waals surface area contributed by atoms with Crippen molar-refractivity contribution >= 4 is 32.6 Å². The minimum atomic E-state index is -4.49. The molecule has 7 heteroatoms. The number of halogens is 3. The van der Waals surface area contributed by atoms with E-state index in [-0.39, 0.29) is 16.1 Å². The summed E-state index contributed by atoms with van der Waals surface area (Å²) in [6.07, 6.45) is -4.49. The maximum absolute atomic E-state index is 13.1. The van der Waals surface area contributed by atoms with E-state index in [4.69, 9.17) is 0 Å². The number of hydrogen-bond donors (Lipinski definition) is 1. The number of nitrogens with one attached hydrogen (secondary N) is 1. The predicted molar refractivity (Wildman–Crippen MR) is 97.7 cm³/mol. The van der Waals surface area contributed by atoms with Gasteiger partial charge in [0.1, 0.15) is 0 Å². The van der Waals surface area contributed by atoms with Crippen molar-refractivity contribution in [3.05, 3.63) is 59.2 Å². The summed E-state index contributed by atoms with van der Waals surface area (Å²) in [7, 11) is 0. The van der Waals surface area contributed by atoms with Crippen LogP contribution in [0.3, 0.4) is 0 Å². The highest BCUT2D eigenvalue weighted by molar-refractivity contribution is 7.22. The lowest BCUT2D eigenvalue weighted by molar-refractivity contribution is -0.136. The summed E-state index contributed by atoms with van der Waals surface area (Å²) in [5, 5.41) is 2.73. The zero-order valence-electron chi connectivity index (χ0n) is 14.4. The zero-order chi connectivity index (χ0) is 19.1. The second-order valence-electron chi connectivity index (χ2n) is 6.95. The lowest BCUT2D eigenvalue weighted by Crippen LogP contribution is -2.14. The lowest BCUT2D eigenvalue weighted by Gasteiger charge is -2.18. The van der Waals surface area contributed by atoms with Gasteiger partial charge >= 0.3 is 6.18 Å². The molecule has 1 N–H and O–H groups in total. The topological polar surface area (TPSA) is 42.0 Å². The summed E-state index contributed by atoms with van der Waals surface area (Å²) in [4.78, 5) is 16.3. The van der Waals surface area contributed by atoms with Crippen molar-refractivity contribution in [3.63, 3.8) is 0 Å². The van der Waals surface area contributed by atoms with E-state index in [9.17, 15) is 18.0 Å². The van der Waals surface area contributed by atoms with Gasteiger partial charge in [0.15, 0.2) is 5.13 Å². The maximum Gasteiger partial charge on any atom is 0.418 e. The van der Waals surface area contributed by atoms with E-state index < -0.39 is 17.6 Å². The molecule has 26 heavy (non-hydrogen) atoms. The number of hydrogen-bond acceptors (Lipinski definition) is 3. The molecule has 0 fully saturated rings. The zero-order valence-corrected chi connectivity index (χ0v) is 15.3. The second kappa shape index (κ2) is 6.39. The van der Waals surface area contributed by atoms with Gasteiger partial charge in [-0.15, -0.1) is 0 Å². The number of carbonyl (C=O) groups excluding carboxylic acids is 1. The first-order chi connectivity index (χ1) is 12.1. The average molecular weight is 378 g/mol. The Labute approximate surface area is 152 Å². The van der Waals surface area contributed by atoms with E-state index in [0.717, 1.165) is 23.0 Å². The van der Waals surface area contributed by atoms with Crippen molar-refractivity contribution in [3.8, 4) is 0 Å². The van der Waals surface area contributed by atoms with Gasteiger partial charge in [0, 0.05) is 5.56 Å². The van der Waals surface area contributed by atoms with Crippen LogP contribution >= 0.6 is 11.3 Å². The summed E-state index contributed by atoms with van der Waals surface area (Å²) >= 11 is 1.01. The fourth-order valence-corrected chi connectivity index (χ4v) is 3.41. The van der Waals surface area contributed by atoms with Crippen LogP contribution in [0, 0.1) is 0 Å². The van der Waals surface area contributed by atoms with E-state index in [1.54, 1.807) is 18.2 Å². The maximum atomic E-state index is 13.1. The van der Waals surface area contributed by atoms with E-state index in [1.165, 1.54) is 6.07 Å². The Hall–Kier alpha value is -2.41. The average Bonchev–Trinajstić information content (AvgIpc) is 2.95. The van der Waals surface area contributed by atoms with E-state index in [2.05, 4.69) is 31.1 Å². The number of aromatic nitrogens is 1. The van der Waals surface area contributed by atoms with Crippen LogP contribution in [-0.2, 0) is 11.6 Å². The number of nitrogens with zero attached hydrogens (tertiary/aromatic N) is 1. The van der Waals surface area contributed by atoms with E-state index >= 15 is 0 Å². The number of amides is 1. The van der Waals surface area contributed by atoms with Gasteiger partial charge in [0.25, 0.3) is 5.91 Å². The Bertz CT molecular complexity index is 954. The fourth-order valence-electron chi connectivity index (χ4n) is 2.52. The molecule has 0 bridgehead atoms. The first-order valence-electron chi connectivity index (χ1n) is 7.94. The standard InChI is InChI=1S/C19H17F3N2OS/c1-18(2,3)12-9-7-11(8-10-12)16(25)24-17-23-15-13(19(20,21)22)5-4-6-14(15)26-17/h4-10H,1-3H3,(H,23,24,25). The number of para-hydroxylation sites is 1. The third kappa shape index (κ3) is 3.72. The molecule has 0 aliphatic carbocycles. The molecule has 1 heterocycles. The van der Waals surface area contributed by atoms with Crippen LogP contribution in [0.2, 0.25) is 0 Å². The van der Waals surface area contributed by atoms with Gasteiger partial charge in [-0.05, 0) is 35.2 Å². The summed E-state index contributed by atoms with van der Waals surface area (Å²) in [5.41, 5.74) is 0.526. The molecule has 2 aromatic carbocycles. The Morgan fingerprint density at radius 2 is 1.69 bits per heavy atom. The molecule has 0 spiro atoms. The SMILES string of the molecule is CC(C)(C)c1ccc(C(=O)Nc2nc3c(C(F)(F)F)cccc3s2)cc1. The summed E-state index contributed by atoms with van der Waals surface area (Å²) in [5.74, 6) is -0.405. The normalized spacial score (nSPS) is 12.4. The minimum absolute atomic E-state index is 0.0317. The van der Waals surface area contributed by atoms with Gasteiger partial charge in [0.2, 0.25) is 0 Å². The van der Waals surface area contributed by atoms with Crippen LogP contribution in [0.1, 0.15) is 42.3 Å². The third-order valence-corrected chi connectivity index (χ3v) is 4.89. The molecule has 3 rings (SSSR count). The molecule has 136 valence electrons.